The van der Waals surface area contributed by atoms with Gasteiger partial charge in [0, 0.05) is 22.5 Å². The van der Waals surface area contributed by atoms with Crippen molar-refractivity contribution in [1.29, 1.82) is 0 Å². The van der Waals surface area contributed by atoms with Crippen LogP contribution in [0.4, 0.5) is 9.93 Å². The van der Waals surface area contributed by atoms with Crippen molar-refractivity contribution in [1.82, 2.24) is 15.2 Å². The van der Waals surface area contributed by atoms with E-state index in [0.717, 1.165) is 29.5 Å². The van der Waals surface area contributed by atoms with Gasteiger partial charge < -0.3 is 15.4 Å². The SMILES string of the molecule is O=C(NC1CC1)c1ccc(-c2csc(NC(=O)C3CC[C@H](c4ccccc4)N3C(=O)OCc3ccccc3)n2)cc1. The van der Waals surface area contributed by atoms with Gasteiger partial charge in [-0.1, -0.05) is 72.8 Å². The summed E-state index contributed by atoms with van der Waals surface area (Å²) in [5, 5.41) is 8.21. The Balaban J connectivity index is 1.14. The summed E-state index contributed by atoms with van der Waals surface area (Å²) in [6.45, 7) is 0.128. The van der Waals surface area contributed by atoms with Crippen LogP contribution in [0.3, 0.4) is 0 Å². The summed E-state index contributed by atoms with van der Waals surface area (Å²) in [5.41, 5.74) is 4.00. The lowest BCUT2D eigenvalue weighted by molar-refractivity contribution is -0.120. The van der Waals surface area contributed by atoms with E-state index in [2.05, 4.69) is 15.6 Å². The zero-order chi connectivity index (χ0) is 28.2. The average Bonchev–Trinajstić information content (AvgIpc) is 3.51. The molecule has 3 aromatic carbocycles. The maximum absolute atomic E-state index is 13.5. The Morgan fingerprint density at radius 1 is 0.878 bits per heavy atom. The zero-order valence-electron chi connectivity index (χ0n) is 22.4. The fourth-order valence-electron chi connectivity index (χ4n) is 5.06. The van der Waals surface area contributed by atoms with Crippen LogP contribution >= 0.6 is 11.3 Å². The molecule has 0 bridgehead atoms. The summed E-state index contributed by atoms with van der Waals surface area (Å²) < 4.78 is 5.67. The molecule has 0 spiro atoms. The van der Waals surface area contributed by atoms with Gasteiger partial charge in [-0.15, -0.1) is 11.3 Å². The molecule has 1 saturated heterocycles. The van der Waals surface area contributed by atoms with E-state index in [1.165, 1.54) is 11.3 Å². The molecule has 2 N–H and O–H groups in total. The molecule has 6 rings (SSSR count). The quantitative estimate of drug-likeness (QED) is 0.265. The Morgan fingerprint density at radius 2 is 1.59 bits per heavy atom. The van der Waals surface area contributed by atoms with Gasteiger partial charge in [-0.05, 0) is 48.9 Å². The second-order valence-electron chi connectivity index (χ2n) is 10.3. The van der Waals surface area contributed by atoms with E-state index < -0.39 is 12.1 Å². The van der Waals surface area contributed by atoms with Crippen LogP contribution in [0.1, 0.15) is 53.2 Å². The fraction of sp³-hybridized carbons (Fsp3) is 0.250. The normalized spacial score (nSPS) is 18.1. The molecule has 2 aliphatic rings. The number of nitrogens with one attached hydrogen (secondary N) is 2. The second-order valence-corrected chi connectivity index (χ2v) is 11.2. The van der Waals surface area contributed by atoms with Crippen molar-refractivity contribution in [2.75, 3.05) is 5.32 Å². The van der Waals surface area contributed by atoms with Gasteiger partial charge in [-0.3, -0.25) is 14.5 Å². The number of aromatic nitrogens is 1. The maximum Gasteiger partial charge on any atom is 0.411 e. The Bertz CT molecular complexity index is 1520. The lowest BCUT2D eigenvalue weighted by atomic mass is 10.1. The van der Waals surface area contributed by atoms with Gasteiger partial charge in [-0.2, -0.15) is 0 Å². The minimum absolute atomic E-state index is 0.0671. The number of ether oxygens (including phenoxy) is 1. The lowest BCUT2D eigenvalue weighted by Crippen LogP contribution is -2.44. The molecule has 3 amide bonds. The van der Waals surface area contributed by atoms with Crippen molar-refractivity contribution in [3.05, 3.63) is 107 Å². The predicted molar refractivity (Wildman–Crippen MR) is 157 cm³/mol. The summed E-state index contributed by atoms with van der Waals surface area (Å²) in [7, 11) is 0. The van der Waals surface area contributed by atoms with Crippen LogP contribution in [0, 0.1) is 0 Å². The van der Waals surface area contributed by atoms with Gasteiger partial charge >= 0.3 is 6.09 Å². The van der Waals surface area contributed by atoms with Crippen LogP contribution in [0.5, 0.6) is 0 Å². The Morgan fingerprint density at radius 3 is 2.29 bits per heavy atom. The highest BCUT2D eigenvalue weighted by molar-refractivity contribution is 7.14. The third-order valence-electron chi connectivity index (χ3n) is 7.38. The average molecular weight is 567 g/mol. The number of hydrogen-bond acceptors (Lipinski definition) is 6. The van der Waals surface area contributed by atoms with Crippen molar-refractivity contribution in [2.24, 2.45) is 0 Å². The molecule has 0 radical (unpaired) electrons. The van der Waals surface area contributed by atoms with Crippen LogP contribution in [0.15, 0.2) is 90.3 Å². The summed E-state index contributed by atoms with van der Waals surface area (Å²) in [5.74, 6) is -0.365. The van der Waals surface area contributed by atoms with Gasteiger partial charge in [0.2, 0.25) is 5.91 Å². The van der Waals surface area contributed by atoms with Crippen LogP contribution in [0.25, 0.3) is 11.3 Å². The molecular formula is C32H30N4O4S. The van der Waals surface area contributed by atoms with E-state index in [1.54, 1.807) is 17.0 Å². The fourth-order valence-corrected chi connectivity index (χ4v) is 5.78. The van der Waals surface area contributed by atoms with Crippen LogP contribution in [-0.2, 0) is 16.1 Å². The minimum Gasteiger partial charge on any atom is -0.445 e. The molecule has 41 heavy (non-hydrogen) atoms. The number of carbonyl (C=O) groups excluding carboxylic acids is 3. The van der Waals surface area contributed by atoms with Crippen molar-refractivity contribution < 1.29 is 19.1 Å². The number of benzene rings is 3. The summed E-state index contributed by atoms with van der Waals surface area (Å²) in [6.07, 6.45) is 2.71. The van der Waals surface area contributed by atoms with Crippen molar-refractivity contribution in [2.45, 2.75) is 50.4 Å². The van der Waals surface area contributed by atoms with E-state index >= 15 is 0 Å². The van der Waals surface area contributed by atoms with E-state index in [1.807, 2.05) is 78.2 Å². The van der Waals surface area contributed by atoms with E-state index in [4.69, 9.17) is 4.74 Å². The highest BCUT2D eigenvalue weighted by Crippen LogP contribution is 2.37. The Hall–Kier alpha value is -4.50. The number of hydrogen-bond donors (Lipinski definition) is 2. The van der Waals surface area contributed by atoms with Crippen LogP contribution in [0.2, 0.25) is 0 Å². The molecule has 2 heterocycles. The molecule has 1 aromatic heterocycles. The molecule has 1 aliphatic heterocycles. The molecule has 2 atom stereocenters. The Kier molecular flexibility index (Phi) is 7.78. The molecule has 1 aliphatic carbocycles. The third-order valence-corrected chi connectivity index (χ3v) is 8.14. The third kappa shape index (κ3) is 6.30. The highest BCUT2D eigenvalue weighted by atomic mass is 32.1. The van der Waals surface area contributed by atoms with E-state index in [0.29, 0.717) is 35.3 Å². The van der Waals surface area contributed by atoms with Gasteiger partial charge in [0.15, 0.2) is 5.13 Å². The van der Waals surface area contributed by atoms with Crippen molar-refractivity contribution in [3.63, 3.8) is 0 Å². The molecule has 1 unspecified atom stereocenters. The summed E-state index contributed by atoms with van der Waals surface area (Å²) >= 11 is 1.32. The lowest BCUT2D eigenvalue weighted by Gasteiger charge is -2.29. The first-order chi connectivity index (χ1) is 20.0. The summed E-state index contributed by atoms with van der Waals surface area (Å²) in [6, 6.07) is 25.8. The molecule has 2 fully saturated rings. The number of carbonyl (C=O) groups is 3. The number of likely N-dealkylation sites (tertiary alicyclic amines) is 1. The highest BCUT2D eigenvalue weighted by Gasteiger charge is 2.42. The van der Waals surface area contributed by atoms with Crippen molar-refractivity contribution in [3.8, 4) is 11.3 Å². The van der Waals surface area contributed by atoms with E-state index in [9.17, 15) is 14.4 Å². The molecule has 208 valence electrons. The van der Waals surface area contributed by atoms with Gasteiger partial charge in [0.1, 0.15) is 12.6 Å². The number of nitrogens with zero attached hydrogens (tertiary/aromatic N) is 2. The minimum atomic E-state index is -0.694. The smallest absolute Gasteiger partial charge is 0.411 e. The number of rotatable bonds is 8. The second kappa shape index (κ2) is 11.9. The maximum atomic E-state index is 13.5. The van der Waals surface area contributed by atoms with Gasteiger partial charge in [-0.25, -0.2) is 9.78 Å². The molecular weight excluding hydrogens is 536 g/mol. The molecule has 9 heteroatoms. The molecule has 1 saturated carbocycles. The van der Waals surface area contributed by atoms with Crippen LogP contribution < -0.4 is 10.6 Å². The van der Waals surface area contributed by atoms with Gasteiger partial charge in [0.25, 0.3) is 5.91 Å². The van der Waals surface area contributed by atoms with Crippen molar-refractivity contribution >= 4 is 34.4 Å². The topological polar surface area (TPSA) is 101 Å². The first-order valence-electron chi connectivity index (χ1n) is 13.8. The Labute approximate surface area is 242 Å². The zero-order valence-corrected chi connectivity index (χ0v) is 23.2. The number of thiazole rings is 1. The van der Waals surface area contributed by atoms with Crippen LogP contribution in [-0.4, -0.2) is 39.9 Å². The standard InChI is InChI=1S/C32H30N4O4S/c37-29(33-25-15-16-25)24-13-11-22(12-14-24)26-20-41-31(34-26)35-30(38)28-18-17-27(23-9-5-2-6-10-23)36(28)32(39)40-19-21-7-3-1-4-8-21/h1-14,20,25,27-28H,15-19H2,(H,33,37)(H,34,35,38)/t27-,28?/m1/s1. The number of anilines is 1. The monoisotopic (exact) mass is 566 g/mol. The first-order valence-corrected chi connectivity index (χ1v) is 14.6. The predicted octanol–water partition coefficient (Wildman–Crippen LogP) is 6.18. The molecule has 8 nitrogen and oxygen atoms in total. The van der Waals surface area contributed by atoms with Gasteiger partial charge in [0.05, 0.1) is 11.7 Å². The largest absolute Gasteiger partial charge is 0.445 e. The van der Waals surface area contributed by atoms with E-state index in [-0.39, 0.29) is 24.5 Å². The molecule has 4 aromatic rings. The number of amides is 3. The first kappa shape index (κ1) is 26.7. The summed E-state index contributed by atoms with van der Waals surface area (Å²) in [4.78, 5) is 45.3.